The first-order valence-electron chi connectivity index (χ1n) is 32.0. The molecule has 1 unspecified atom stereocenters. The standard InChI is InChI=1S/C69H105BrN2S.C4H10.C2H6/c1-16-25-26-33-44-69(47-34-27-30-37-48-70)65(53-61(17-2)18-3)59(13)60(14)66(69)54-62(19-4)42-40-41-56(10)52-64-57(11)58(12)67(55-63(20-5)43-51-73-15)68(64,45-35-28-31-38-49-71(21-6)22-7)46-36-29-32-39-50-72(23-8)24-9;1-4(2)3;1-2/h2,18-19,52-55H,3-4,16,20-39,42,44-50H2,1,5-15H3;4H,1-3H3;1-2H3/b56-52+,61-53-,62-54+,63-55+;;. The summed E-state index contributed by atoms with van der Waals surface area (Å²) in [7, 11) is 0. The van der Waals surface area contributed by atoms with Crippen LogP contribution in [-0.2, 0) is 0 Å². The molecule has 2 nitrogen and oxygen atoms in total. The summed E-state index contributed by atoms with van der Waals surface area (Å²) in [5, 5.41) is 4.41. The number of nitrogens with zero attached hydrogens (tertiary/aromatic N) is 2. The Bertz CT molecular complexity index is 2180. The van der Waals surface area contributed by atoms with Crippen molar-refractivity contribution in [1.82, 2.24) is 9.80 Å². The van der Waals surface area contributed by atoms with E-state index in [0.717, 1.165) is 80.7 Å². The number of terminal acetylenes is 1. The SMILES string of the molecule is C#C/C(C=C)=C/C1=C(C)C(C)=C(/C=C(\C=C)CC#C/C(C)=C/C2=C(C)C(C)=C(/C=C(/C#CSC)CC)C2(CCCCCCN(CC)CC)CCCCCCN(CC)CC)C1(CCCCCC)CCCCCCBr.CC.CC(C)C. The van der Waals surface area contributed by atoms with Gasteiger partial charge in [0.2, 0.25) is 0 Å². The van der Waals surface area contributed by atoms with Gasteiger partial charge in [-0.15, -0.1) is 6.42 Å². The van der Waals surface area contributed by atoms with E-state index in [9.17, 15) is 0 Å². The Morgan fingerprint density at radius 1 is 0.582 bits per heavy atom. The molecule has 0 aromatic heterocycles. The van der Waals surface area contributed by atoms with Gasteiger partial charge in [-0.3, -0.25) is 0 Å². The van der Waals surface area contributed by atoms with Crippen molar-refractivity contribution in [3.8, 4) is 35.4 Å². The van der Waals surface area contributed by atoms with Gasteiger partial charge in [0, 0.05) is 33.7 Å². The third kappa shape index (κ3) is 26.7. The van der Waals surface area contributed by atoms with Crippen molar-refractivity contribution >= 4 is 27.7 Å². The van der Waals surface area contributed by atoms with E-state index in [0.29, 0.717) is 6.42 Å². The van der Waals surface area contributed by atoms with E-state index < -0.39 is 0 Å². The molecule has 0 radical (unpaired) electrons. The summed E-state index contributed by atoms with van der Waals surface area (Å²) in [6, 6.07) is 0. The van der Waals surface area contributed by atoms with Crippen LogP contribution in [0.15, 0.2) is 116 Å². The average molecular weight is 1160 g/mol. The van der Waals surface area contributed by atoms with Gasteiger partial charge in [-0.25, -0.2) is 0 Å². The van der Waals surface area contributed by atoms with Gasteiger partial charge in [-0.1, -0.05) is 242 Å². The zero-order chi connectivity index (χ0) is 59.7. The van der Waals surface area contributed by atoms with E-state index in [1.807, 2.05) is 19.9 Å². The Labute approximate surface area is 505 Å². The molecule has 2 aliphatic carbocycles. The minimum absolute atomic E-state index is 0.0640. The van der Waals surface area contributed by atoms with Crippen molar-refractivity contribution in [2.75, 3.05) is 50.9 Å². The fourth-order valence-electron chi connectivity index (χ4n) is 11.6. The van der Waals surface area contributed by atoms with Crippen LogP contribution in [0.5, 0.6) is 0 Å². The van der Waals surface area contributed by atoms with E-state index >= 15 is 0 Å². The molecule has 1 atom stereocenters. The molecule has 0 N–H and O–H groups in total. The Hall–Kier alpha value is -3.17. The maximum absolute atomic E-state index is 6.09. The Morgan fingerprint density at radius 3 is 1.37 bits per heavy atom. The largest absolute Gasteiger partial charge is 0.304 e. The average Bonchev–Trinajstić information content (AvgIpc) is 3.95. The molecular formula is C75H121BrN2S. The van der Waals surface area contributed by atoms with Crippen molar-refractivity contribution in [3.05, 3.63) is 116 Å². The Kier molecular flexibility index (Phi) is 43.5. The van der Waals surface area contributed by atoms with Crippen molar-refractivity contribution in [2.24, 2.45) is 16.7 Å². The molecule has 0 bridgehead atoms. The lowest BCUT2D eigenvalue weighted by Crippen LogP contribution is -2.25. The molecule has 0 amide bonds. The van der Waals surface area contributed by atoms with E-state index in [4.69, 9.17) is 6.42 Å². The van der Waals surface area contributed by atoms with E-state index in [2.05, 4.69) is 201 Å². The summed E-state index contributed by atoms with van der Waals surface area (Å²) in [6.45, 7) is 51.3. The Balaban J connectivity index is 0.00000966. The smallest absolute Gasteiger partial charge is 0.0343 e. The molecule has 2 rings (SSSR count). The lowest BCUT2D eigenvalue weighted by molar-refractivity contribution is 0.289. The van der Waals surface area contributed by atoms with Crippen molar-refractivity contribution in [1.29, 1.82) is 0 Å². The zero-order valence-corrected chi connectivity index (χ0v) is 57.1. The van der Waals surface area contributed by atoms with Gasteiger partial charge in [0.05, 0.1) is 0 Å². The van der Waals surface area contributed by atoms with Crippen LogP contribution in [0.1, 0.15) is 252 Å². The second-order valence-corrected chi connectivity index (χ2v) is 24.1. The highest BCUT2D eigenvalue weighted by molar-refractivity contribution is 9.09. The number of rotatable bonds is 37. The quantitative estimate of drug-likeness (QED) is 0.0265. The van der Waals surface area contributed by atoms with Crippen LogP contribution in [0.2, 0.25) is 0 Å². The van der Waals surface area contributed by atoms with Gasteiger partial charge in [0.15, 0.2) is 0 Å². The number of hydrogen-bond donors (Lipinski definition) is 0. The summed E-state index contributed by atoms with van der Waals surface area (Å²) in [5.41, 5.74) is 15.7. The van der Waals surface area contributed by atoms with Crippen LogP contribution in [0.3, 0.4) is 0 Å². The first-order valence-corrected chi connectivity index (χ1v) is 34.3. The van der Waals surface area contributed by atoms with E-state index in [-0.39, 0.29) is 10.8 Å². The van der Waals surface area contributed by atoms with Crippen LogP contribution in [0.4, 0.5) is 0 Å². The van der Waals surface area contributed by atoms with Crippen molar-refractivity contribution in [2.45, 2.75) is 252 Å². The van der Waals surface area contributed by atoms with Gasteiger partial charge in [0.1, 0.15) is 0 Å². The normalized spacial score (nSPS) is 16.7. The molecule has 0 spiro atoms. The molecule has 0 saturated carbocycles. The third-order valence-corrected chi connectivity index (χ3v) is 17.3. The lowest BCUT2D eigenvalue weighted by Gasteiger charge is -2.35. The van der Waals surface area contributed by atoms with Gasteiger partial charge in [-0.05, 0) is 217 Å². The number of unbranched alkanes of at least 4 members (excludes halogenated alkanes) is 12. The fourth-order valence-corrected chi connectivity index (χ4v) is 12.3. The molecule has 0 fully saturated rings. The van der Waals surface area contributed by atoms with Crippen molar-refractivity contribution in [3.63, 3.8) is 0 Å². The summed E-state index contributed by atoms with van der Waals surface area (Å²) in [4.78, 5) is 5.14. The number of thioether (sulfide) groups is 1. The molecule has 79 heavy (non-hydrogen) atoms. The molecule has 444 valence electrons. The maximum Gasteiger partial charge on any atom is 0.0343 e. The predicted octanol–water partition coefficient (Wildman–Crippen LogP) is 22.7. The number of allylic oxidation sites excluding steroid dienone is 18. The van der Waals surface area contributed by atoms with Gasteiger partial charge in [-0.2, -0.15) is 0 Å². The number of alkyl halides is 1. The summed E-state index contributed by atoms with van der Waals surface area (Å²) < 4.78 is 0. The first kappa shape index (κ1) is 75.8. The topological polar surface area (TPSA) is 6.48 Å². The summed E-state index contributed by atoms with van der Waals surface area (Å²) >= 11 is 5.28. The molecular weight excluding hydrogens is 1040 g/mol. The van der Waals surface area contributed by atoms with Crippen LogP contribution in [-0.4, -0.2) is 60.7 Å². The van der Waals surface area contributed by atoms with Gasteiger partial charge < -0.3 is 9.80 Å². The fraction of sp³-hybridized carbons (Fsp3) is 0.653. The second kappa shape index (κ2) is 45.4. The number of hydrogen-bond acceptors (Lipinski definition) is 3. The number of halogens is 1. The minimum atomic E-state index is -0.110. The van der Waals surface area contributed by atoms with Crippen LogP contribution < -0.4 is 0 Å². The highest BCUT2D eigenvalue weighted by atomic mass is 79.9. The lowest BCUT2D eigenvalue weighted by atomic mass is 9.68. The monoisotopic (exact) mass is 1160 g/mol. The predicted molar refractivity (Wildman–Crippen MR) is 366 cm³/mol. The highest BCUT2D eigenvalue weighted by Crippen LogP contribution is 2.57. The maximum atomic E-state index is 6.09. The molecule has 0 aliphatic heterocycles. The zero-order valence-electron chi connectivity index (χ0n) is 54.7. The van der Waals surface area contributed by atoms with Crippen molar-refractivity contribution < 1.29 is 0 Å². The molecule has 0 heterocycles. The van der Waals surface area contributed by atoms with E-state index in [1.54, 1.807) is 11.8 Å². The molecule has 0 aromatic rings. The molecule has 0 saturated heterocycles. The van der Waals surface area contributed by atoms with Crippen LogP contribution in [0, 0.1) is 52.1 Å². The van der Waals surface area contributed by atoms with Gasteiger partial charge in [0.25, 0.3) is 0 Å². The highest BCUT2D eigenvalue weighted by Gasteiger charge is 2.43. The second-order valence-electron chi connectivity index (χ2n) is 22.7. The third-order valence-electron chi connectivity index (χ3n) is 16.4. The van der Waals surface area contributed by atoms with Crippen LogP contribution in [0.25, 0.3) is 0 Å². The molecule has 4 heteroatoms. The van der Waals surface area contributed by atoms with E-state index in [1.165, 1.54) is 172 Å². The molecule has 0 aromatic carbocycles. The molecule has 2 aliphatic rings. The van der Waals surface area contributed by atoms with Crippen LogP contribution >= 0.6 is 27.7 Å². The minimum Gasteiger partial charge on any atom is -0.304 e. The summed E-state index contributed by atoms with van der Waals surface area (Å²) in [6.07, 6.45) is 47.8. The first-order chi connectivity index (χ1) is 38.0. The summed E-state index contributed by atoms with van der Waals surface area (Å²) in [5.74, 6) is 14.7. The van der Waals surface area contributed by atoms with Gasteiger partial charge >= 0.3 is 0 Å². The Morgan fingerprint density at radius 2 is 0.987 bits per heavy atom.